The normalized spacial score (nSPS) is 12.4. The summed E-state index contributed by atoms with van der Waals surface area (Å²) >= 11 is 1.87. The molecule has 2 nitrogen and oxygen atoms in total. The number of thiophene rings is 1. The van der Waals surface area contributed by atoms with E-state index in [0.29, 0.717) is 0 Å². The van der Waals surface area contributed by atoms with Crippen molar-refractivity contribution in [1.29, 1.82) is 0 Å². The van der Waals surface area contributed by atoms with Gasteiger partial charge in [0.1, 0.15) is 0 Å². The number of allylic oxidation sites excluding steroid dienone is 5. The largest absolute Gasteiger partial charge is 0.310 e. The molecule has 52 heavy (non-hydrogen) atoms. The summed E-state index contributed by atoms with van der Waals surface area (Å²) in [6, 6.07) is 55.8. The van der Waals surface area contributed by atoms with Crippen LogP contribution in [0, 0.1) is 0 Å². The minimum atomic E-state index is 1.11. The molecule has 0 bridgehead atoms. The number of hydrogen-bond donors (Lipinski definition) is 0. The van der Waals surface area contributed by atoms with E-state index >= 15 is 0 Å². The predicted octanol–water partition coefficient (Wildman–Crippen LogP) is 14.2. The first-order valence-corrected chi connectivity index (χ1v) is 18.6. The quantitative estimate of drug-likeness (QED) is 0.155. The number of fused-ring (bicyclic) bond motifs is 9. The Bertz CT molecular complexity index is 3080. The van der Waals surface area contributed by atoms with Gasteiger partial charge in [-0.25, -0.2) is 0 Å². The van der Waals surface area contributed by atoms with Crippen LogP contribution in [0.15, 0.2) is 183 Å². The van der Waals surface area contributed by atoms with Crippen LogP contribution in [0.2, 0.25) is 0 Å². The zero-order valence-corrected chi connectivity index (χ0v) is 29.6. The highest BCUT2D eigenvalue weighted by molar-refractivity contribution is 7.25. The molecule has 0 N–H and O–H groups in total. The lowest BCUT2D eigenvalue weighted by atomic mass is 10.0. The van der Waals surface area contributed by atoms with Crippen LogP contribution in [-0.4, -0.2) is 9.13 Å². The highest BCUT2D eigenvalue weighted by atomic mass is 32.1. The molecule has 0 saturated carbocycles. The van der Waals surface area contributed by atoms with Gasteiger partial charge < -0.3 is 9.13 Å². The summed E-state index contributed by atoms with van der Waals surface area (Å²) < 4.78 is 7.47. The summed E-state index contributed by atoms with van der Waals surface area (Å²) in [5, 5.41) is 7.60. The lowest BCUT2D eigenvalue weighted by molar-refractivity contribution is 1.18. The number of aromatic nitrogens is 2. The van der Waals surface area contributed by atoms with Gasteiger partial charge in [0.25, 0.3) is 0 Å². The average Bonchev–Trinajstić information content (AvgIpc) is 3.84. The van der Waals surface area contributed by atoms with E-state index in [0.717, 1.165) is 11.4 Å². The SMILES string of the molecule is C=C/C=C\C(=C/C)n1c2ccc(-c3ccccc3)cc2c2cc(-n3c4ccc(-c5ccccc5)cc4c4cc5c(cc43)sc3ccccc35)ccc21. The van der Waals surface area contributed by atoms with Gasteiger partial charge in [-0.2, -0.15) is 0 Å². The maximum absolute atomic E-state index is 3.94. The summed E-state index contributed by atoms with van der Waals surface area (Å²) in [6.45, 7) is 6.04. The number of nitrogens with zero attached hydrogens (tertiary/aromatic N) is 2. The van der Waals surface area contributed by atoms with Crippen molar-refractivity contribution in [1.82, 2.24) is 9.13 Å². The fraction of sp³-hybridized carbons (Fsp3) is 0.0204. The Morgan fingerprint density at radius 1 is 0.500 bits per heavy atom. The van der Waals surface area contributed by atoms with Crippen molar-refractivity contribution in [3.63, 3.8) is 0 Å². The minimum absolute atomic E-state index is 1.11. The average molecular weight is 683 g/mol. The molecule has 7 aromatic carbocycles. The van der Waals surface area contributed by atoms with E-state index in [1.165, 1.54) is 86.0 Å². The smallest absolute Gasteiger partial charge is 0.0555 e. The van der Waals surface area contributed by atoms with Crippen LogP contribution in [0.25, 0.3) is 97.4 Å². The third-order valence-corrected chi connectivity index (χ3v) is 11.6. The molecule has 0 aliphatic rings. The van der Waals surface area contributed by atoms with E-state index < -0.39 is 0 Å². The van der Waals surface area contributed by atoms with Crippen molar-refractivity contribution in [2.45, 2.75) is 6.92 Å². The lowest BCUT2D eigenvalue weighted by Gasteiger charge is -2.11. The van der Waals surface area contributed by atoms with Crippen molar-refractivity contribution in [3.8, 4) is 27.9 Å². The molecule has 0 aliphatic heterocycles. The third-order valence-electron chi connectivity index (χ3n) is 10.4. The van der Waals surface area contributed by atoms with Crippen molar-refractivity contribution >= 4 is 80.8 Å². The minimum Gasteiger partial charge on any atom is -0.310 e. The van der Waals surface area contributed by atoms with Gasteiger partial charge in [-0.3, -0.25) is 0 Å². The van der Waals surface area contributed by atoms with Crippen LogP contribution in [0.4, 0.5) is 0 Å². The van der Waals surface area contributed by atoms with Gasteiger partial charge in [0.05, 0.1) is 22.1 Å². The van der Waals surface area contributed by atoms with Crippen LogP contribution in [0.5, 0.6) is 0 Å². The summed E-state index contributed by atoms with van der Waals surface area (Å²) in [7, 11) is 0. The van der Waals surface area contributed by atoms with Gasteiger partial charge >= 0.3 is 0 Å². The van der Waals surface area contributed by atoms with Crippen molar-refractivity contribution in [3.05, 3.63) is 183 Å². The molecule has 3 heterocycles. The van der Waals surface area contributed by atoms with Crippen LogP contribution in [0.3, 0.4) is 0 Å². The molecule has 0 fully saturated rings. The number of hydrogen-bond acceptors (Lipinski definition) is 1. The molecule has 0 unspecified atom stereocenters. The first kappa shape index (κ1) is 30.4. The highest BCUT2D eigenvalue weighted by Crippen LogP contribution is 2.43. The monoisotopic (exact) mass is 682 g/mol. The van der Waals surface area contributed by atoms with Gasteiger partial charge in [-0.05, 0) is 95.9 Å². The van der Waals surface area contributed by atoms with Crippen LogP contribution in [0.1, 0.15) is 6.92 Å². The molecule has 0 saturated heterocycles. The first-order valence-electron chi connectivity index (χ1n) is 17.7. The van der Waals surface area contributed by atoms with Gasteiger partial charge in [-0.1, -0.05) is 116 Å². The standard InChI is InChI=1S/C49H34N2S/c1-3-5-18-36(4-2)50-44-24-21-34(32-14-8-6-9-15-32)27-39(44)41-29-37(23-26-46(41)50)51-45-25-22-35(33-16-10-7-11-17-33)28-40(45)42-30-43-38-19-12-13-20-48(38)52-49(43)31-47(42)51/h3-31H,1H2,2H3/b18-5-,36-4+. The highest BCUT2D eigenvalue weighted by Gasteiger charge is 2.19. The van der Waals surface area contributed by atoms with E-state index in [2.05, 4.69) is 186 Å². The van der Waals surface area contributed by atoms with Crippen LogP contribution >= 0.6 is 11.3 Å². The lowest BCUT2D eigenvalue weighted by Crippen LogP contribution is -1.96. The fourth-order valence-corrected chi connectivity index (χ4v) is 9.15. The third kappa shape index (κ3) is 4.71. The Morgan fingerprint density at radius 3 is 1.79 bits per heavy atom. The molecule has 0 aliphatic carbocycles. The molecule has 246 valence electrons. The summed E-state index contributed by atoms with van der Waals surface area (Å²) in [5.74, 6) is 0. The molecule has 0 amide bonds. The first-order chi connectivity index (χ1) is 25.7. The Morgan fingerprint density at radius 2 is 1.10 bits per heavy atom. The molecular formula is C49H34N2S. The van der Waals surface area contributed by atoms with Crippen LogP contribution in [-0.2, 0) is 0 Å². The summed E-state index contributed by atoms with van der Waals surface area (Å²) in [4.78, 5) is 0. The summed E-state index contributed by atoms with van der Waals surface area (Å²) in [6.07, 6.45) is 8.15. The Kier molecular flexibility index (Phi) is 7.09. The maximum Gasteiger partial charge on any atom is 0.0555 e. The molecular weight excluding hydrogens is 649 g/mol. The van der Waals surface area contributed by atoms with Gasteiger partial charge in [-0.15, -0.1) is 11.3 Å². The molecule has 3 aromatic heterocycles. The van der Waals surface area contributed by atoms with Gasteiger partial charge in [0.15, 0.2) is 0 Å². The Balaban J connectivity index is 1.28. The summed E-state index contributed by atoms with van der Waals surface area (Å²) in [5.41, 5.74) is 11.9. The maximum atomic E-state index is 3.94. The van der Waals surface area contributed by atoms with Crippen molar-refractivity contribution < 1.29 is 0 Å². The number of benzene rings is 7. The van der Waals surface area contributed by atoms with Crippen LogP contribution < -0.4 is 0 Å². The molecule has 3 heteroatoms. The van der Waals surface area contributed by atoms with Crippen molar-refractivity contribution in [2.75, 3.05) is 0 Å². The predicted molar refractivity (Wildman–Crippen MR) is 227 cm³/mol. The zero-order chi connectivity index (χ0) is 34.8. The molecule has 0 spiro atoms. The molecule has 10 rings (SSSR count). The van der Waals surface area contributed by atoms with E-state index in [4.69, 9.17) is 0 Å². The van der Waals surface area contributed by atoms with E-state index in [1.54, 1.807) is 0 Å². The van der Waals surface area contributed by atoms with E-state index in [-0.39, 0.29) is 0 Å². The Labute approximate surface area is 306 Å². The second kappa shape index (κ2) is 12.1. The van der Waals surface area contributed by atoms with Gasteiger partial charge in [0.2, 0.25) is 0 Å². The van der Waals surface area contributed by atoms with E-state index in [1.807, 2.05) is 23.5 Å². The Hall–Kier alpha value is -6.42. The second-order valence-corrected chi connectivity index (χ2v) is 14.4. The number of rotatable bonds is 6. The molecule has 0 atom stereocenters. The van der Waals surface area contributed by atoms with E-state index in [9.17, 15) is 0 Å². The van der Waals surface area contributed by atoms with Crippen molar-refractivity contribution in [2.24, 2.45) is 0 Å². The molecule has 0 radical (unpaired) electrons. The fourth-order valence-electron chi connectivity index (χ4n) is 8.03. The second-order valence-electron chi connectivity index (χ2n) is 13.3. The zero-order valence-electron chi connectivity index (χ0n) is 28.8. The molecule has 10 aromatic rings. The van der Waals surface area contributed by atoms with Gasteiger partial charge in [0, 0.05) is 53.1 Å². The topological polar surface area (TPSA) is 9.86 Å².